The molecule has 0 aliphatic carbocycles. The maximum atomic E-state index is 11.1. The minimum Gasteiger partial charge on any atom is -0.369 e. The van der Waals surface area contributed by atoms with E-state index in [2.05, 4.69) is 35.8 Å². The third-order valence-electron chi connectivity index (χ3n) is 4.04. The molecule has 0 bridgehead atoms. The van der Waals surface area contributed by atoms with Crippen LogP contribution in [0.1, 0.15) is 5.56 Å². The van der Waals surface area contributed by atoms with Crippen LogP contribution >= 0.6 is 0 Å². The third kappa shape index (κ3) is 4.72. The number of aromatic nitrogens is 5. The first-order chi connectivity index (χ1) is 14.2. The van der Waals surface area contributed by atoms with Gasteiger partial charge >= 0.3 is 0 Å². The van der Waals surface area contributed by atoms with E-state index in [1.807, 2.05) is 60.7 Å². The lowest BCUT2D eigenvalue weighted by Crippen LogP contribution is -2.13. The van der Waals surface area contributed by atoms with Gasteiger partial charge in [0.05, 0.1) is 12.1 Å². The van der Waals surface area contributed by atoms with Gasteiger partial charge in [0.2, 0.25) is 17.8 Å². The zero-order valence-electron chi connectivity index (χ0n) is 15.3. The molecule has 5 N–H and O–H groups in total. The maximum absolute atomic E-state index is 11.1. The summed E-state index contributed by atoms with van der Waals surface area (Å²) in [6.07, 6.45) is 1.57. The number of aromatic amines is 1. The molecule has 0 aliphatic rings. The number of benzene rings is 2. The predicted molar refractivity (Wildman–Crippen MR) is 110 cm³/mol. The predicted octanol–water partition coefficient (Wildman–Crippen LogP) is 2.78. The lowest BCUT2D eigenvalue weighted by atomic mass is 10.1. The number of primary amides is 1. The summed E-state index contributed by atoms with van der Waals surface area (Å²) in [7, 11) is 0. The van der Waals surface area contributed by atoms with Crippen LogP contribution in [0.5, 0.6) is 0 Å². The number of hydrogen-bond donors (Lipinski definition) is 4. The molecule has 0 saturated carbocycles. The van der Waals surface area contributed by atoms with Crippen molar-refractivity contribution in [2.24, 2.45) is 5.73 Å². The Labute approximate surface area is 166 Å². The van der Waals surface area contributed by atoms with Gasteiger partial charge in [-0.05, 0) is 23.3 Å². The highest BCUT2D eigenvalue weighted by atomic mass is 16.1. The first kappa shape index (κ1) is 18.1. The molecule has 0 unspecified atom stereocenters. The number of nitrogens with zero attached hydrogens (tertiary/aromatic N) is 4. The van der Waals surface area contributed by atoms with Gasteiger partial charge in [-0.2, -0.15) is 10.1 Å². The second-order valence-electron chi connectivity index (χ2n) is 6.26. The topological polar surface area (TPSA) is 134 Å². The minimum absolute atomic E-state index is 0.169. The van der Waals surface area contributed by atoms with Crippen molar-refractivity contribution in [2.45, 2.75) is 6.42 Å². The molecule has 0 saturated heterocycles. The van der Waals surface area contributed by atoms with Crippen LogP contribution in [-0.4, -0.2) is 31.1 Å². The van der Waals surface area contributed by atoms with E-state index in [1.54, 1.807) is 0 Å². The van der Waals surface area contributed by atoms with Gasteiger partial charge in [0.25, 0.3) is 0 Å². The Morgan fingerprint density at radius 1 is 0.966 bits per heavy atom. The Morgan fingerprint density at radius 2 is 1.76 bits per heavy atom. The van der Waals surface area contributed by atoms with Crippen LogP contribution in [0.4, 0.5) is 23.4 Å². The summed E-state index contributed by atoms with van der Waals surface area (Å²) in [5.74, 6) is 0.909. The van der Waals surface area contributed by atoms with Crippen molar-refractivity contribution in [3.8, 4) is 11.3 Å². The van der Waals surface area contributed by atoms with Crippen molar-refractivity contribution >= 4 is 29.3 Å². The van der Waals surface area contributed by atoms with E-state index < -0.39 is 0 Å². The Balaban J connectivity index is 1.47. The molecule has 0 fully saturated rings. The number of nitrogens with one attached hydrogen (secondary N) is 3. The number of anilines is 4. The second-order valence-corrected chi connectivity index (χ2v) is 6.26. The van der Waals surface area contributed by atoms with Crippen molar-refractivity contribution < 1.29 is 4.79 Å². The monoisotopic (exact) mass is 386 g/mol. The summed E-state index contributed by atoms with van der Waals surface area (Å²) in [4.78, 5) is 23.7. The van der Waals surface area contributed by atoms with E-state index >= 15 is 0 Å². The fourth-order valence-electron chi connectivity index (χ4n) is 2.77. The molecule has 29 heavy (non-hydrogen) atoms. The lowest BCUT2D eigenvalue weighted by molar-refractivity contribution is -0.117. The minimum atomic E-state index is -0.386. The Morgan fingerprint density at radius 3 is 2.55 bits per heavy atom. The van der Waals surface area contributed by atoms with E-state index in [0.717, 1.165) is 22.5 Å². The first-order valence-electron chi connectivity index (χ1n) is 8.87. The first-order valence-corrected chi connectivity index (χ1v) is 8.87. The summed E-state index contributed by atoms with van der Waals surface area (Å²) in [5.41, 5.74) is 8.71. The molecular weight excluding hydrogens is 368 g/mol. The fraction of sp³-hybridized carbons (Fsp3) is 0.0500. The second kappa shape index (κ2) is 8.17. The van der Waals surface area contributed by atoms with Crippen molar-refractivity contribution in [1.29, 1.82) is 0 Å². The molecule has 0 atom stereocenters. The highest BCUT2D eigenvalue weighted by Gasteiger charge is 2.07. The maximum Gasteiger partial charge on any atom is 0.233 e. The fourth-order valence-corrected chi connectivity index (χ4v) is 2.77. The zero-order valence-corrected chi connectivity index (χ0v) is 15.3. The summed E-state index contributed by atoms with van der Waals surface area (Å²) >= 11 is 0. The number of H-pyrrole nitrogens is 1. The van der Waals surface area contributed by atoms with Gasteiger partial charge in [0.1, 0.15) is 6.33 Å². The van der Waals surface area contributed by atoms with E-state index in [4.69, 9.17) is 5.73 Å². The van der Waals surface area contributed by atoms with Gasteiger partial charge in [0.15, 0.2) is 5.82 Å². The van der Waals surface area contributed by atoms with Gasteiger partial charge in [-0.25, -0.2) is 9.97 Å². The summed E-state index contributed by atoms with van der Waals surface area (Å²) in [5, 5.41) is 13.4. The molecule has 4 aromatic rings. The Hall–Kier alpha value is -4.27. The van der Waals surface area contributed by atoms with Crippen molar-refractivity contribution in [3.63, 3.8) is 0 Å². The smallest absolute Gasteiger partial charge is 0.233 e. The summed E-state index contributed by atoms with van der Waals surface area (Å²) in [6, 6.07) is 19.1. The molecular formula is C20H18N8O. The van der Waals surface area contributed by atoms with Gasteiger partial charge in [-0.15, -0.1) is 0 Å². The number of rotatable bonds is 7. The van der Waals surface area contributed by atoms with Crippen LogP contribution in [0, 0.1) is 0 Å². The molecule has 0 aliphatic heterocycles. The van der Waals surface area contributed by atoms with Crippen LogP contribution < -0.4 is 16.4 Å². The quantitative estimate of drug-likeness (QED) is 0.383. The zero-order chi connectivity index (χ0) is 20.1. The van der Waals surface area contributed by atoms with Crippen LogP contribution in [-0.2, 0) is 11.2 Å². The molecule has 1 amide bonds. The molecule has 144 valence electrons. The standard InChI is InChI=1S/C20H18N8O/c21-17(29)10-13-5-4-8-15(9-13)24-19-22-12-23-20(26-19)25-18-11-16(27-28-18)14-6-2-1-3-7-14/h1-9,11-12H,10H2,(H2,21,29)(H3,22,23,24,25,26,27,28). The highest BCUT2D eigenvalue weighted by molar-refractivity contribution is 5.77. The van der Waals surface area contributed by atoms with Crippen LogP contribution in [0.15, 0.2) is 67.0 Å². The average molecular weight is 386 g/mol. The largest absolute Gasteiger partial charge is 0.369 e. The third-order valence-corrected chi connectivity index (χ3v) is 4.04. The van der Waals surface area contributed by atoms with Crippen molar-refractivity contribution in [3.05, 3.63) is 72.6 Å². The molecule has 9 nitrogen and oxygen atoms in total. The van der Waals surface area contributed by atoms with Gasteiger partial charge in [-0.3, -0.25) is 9.89 Å². The molecule has 0 radical (unpaired) electrons. The molecule has 4 rings (SSSR count). The Kier molecular flexibility index (Phi) is 5.10. The van der Waals surface area contributed by atoms with Crippen molar-refractivity contribution in [2.75, 3.05) is 10.6 Å². The van der Waals surface area contributed by atoms with E-state index in [1.165, 1.54) is 6.33 Å². The van der Waals surface area contributed by atoms with Gasteiger partial charge in [-0.1, -0.05) is 42.5 Å². The number of hydrogen-bond acceptors (Lipinski definition) is 7. The number of carbonyl (C=O) groups is 1. The highest BCUT2D eigenvalue weighted by Crippen LogP contribution is 2.21. The lowest BCUT2D eigenvalue weighted by Gasteiger charge is -2.07. The summed E-state index contributed by atoms with van der Waals surface area (Å²) in [6.45, 7) is 0. The van der Waals surface area contributed by atoms with E-state index in [-0.39, 0.29) is 12.3 Å². The number of amides is 1. The van der Waals surface area contributed by atoms with E-state index in [0.29, 0.717) is 17.7 Å². The number of nitrogens with two attached hydrogens (primary N) is 1. The van der Waals surface area contributed by atoms with Gasteiger partial charge < -0.3 is 16.4 Å². The molecule has 2 aromatic carbocycles. The van der Waals surface area contributed by atoms with Crippen LogP contribution in [0.25, 0.3) is 11.3 Å². The van der Waals surface area contributed by atoms with Crippen molar-refractivity contribution in [1.82, 2.24) is 25.1 Å². The Bertz CT molecular complexity index is 1130. The normalized spacial score (nSPS) is 10.5. The van der Waals surface area contributed by atoms with E-state index in [9.17, 15) is 4.79 Å². The van der Waals surface area contributed by atoms with Crippen LogP contribution in [0.3, 0.4) is 0 Å². The van der Waals surface area contributed by atoms with Gasteiger partial charge in [0, 0.05) is 11.8 Å². The average Bonchev–Trinajstić information content (AvgIpc) is 3.17. The van der Waals surface area contributed by atoms with Crippen LogP contribution in [0.2, 0.25) is 0 Å². The SMILES string of the molecule is NC(=O)Cc1cccc(Nc2ncnc(Nc3cc(-c4ccccc4)[nH]n3)n2)c1. The molecule has 0 spiro atoms. The summed E-state index contributed by atoms with van der Waals surface area (Å²) < 4.78 is 0. The number of carbonyl (C=O) groups excluding carboxylic acids is 1. The molecule has 9 heteroatoms. The molecule has 2 heterocycles. The molecule has 2 aromatic heterocycles.